The number of morpholine rings is 1. The Morgan fingerprint density at radius 2 is 1.94 bits per heavy atom. The van der Waals surface area contributed by atoms with Crippen LogP contribution in [0.4, 0.5) is 11.8 Å². The number of rotatable bonds is 5. The fourth-order valence-electron chi connectivity index (χ4n) is 4.25. The SMILES string of the molecule is Cc1cccc(/C=N/Nc2nc(N3CCOCC3)c3cc(C(=O)N4CCCCC4)sc3n2)c1. The van der Waals surface area contributed by atoms with Crippen molar-refractivity contribution in [3.8, 4) is 0 Å². The highest BCUT2D eigenvalue weighted by molar-refractivity contribution is 7.20. The number of ether oxygens (including phenoxy) is 1. The molecule has 0 unspecified atom stereocenters. The number of fused-ring (bicyclic) bond motifs is 1. The lowest BCUT2D eigenvalue weighted by molar-refractivity contribution is 0.0729. The molecule has 0 bridgehead atoms. The molecule has 3 aromatic rings. The van der Waals surface area contributed by atoms with Crippen molar-refractivity contribution in [2.45, 2.75) is 26.2 Å². The van der Waals surface area contributed by atoms with Crippen LogP contribution < -0.4 is 10.3 Å². The van der Waals surface area contributed by atoms with E-state index < -0.39 is 0 Å². The van der Waals surface area contributed by atoms with Gasteiger partial charge < -0.3 is 14.5 Å². The summed E-state index contributed by atoms with van der Waals surface area (Å²) in [7, 11) is 0. The van der Waals surface area contributed by atoms with E-state index >= 15 is 0 Å². The van der Waals surface area contributed by atoms with Gasteiger partial charge in [0.05, 0.1) is 29.7 Å². The summed E-state index contributed by atoms with van der Waals surface area (Å²) in [5.74, 6) is 1.34. The Kier molecular flexibility index (Phi) is 6.50. The van der Waals surface area contributed by atoms with Gasteiger partial charge in [-0.05, 0) is 37.8 Å². The molecule has 2 aliphatic rings. The predicted octanol–water partition coefficient (Wildman–Crippen LogP) is 3.91. The number of piperidine rings is 1. The number of aryl methyl sites for hydroxylation is 1. The molecule has 1 N–H and O–H groups in total. The second-order valence-electron chi connectivity index (χ2n) is 8.44. The first-order chi connectivity index (χ1) is 16.2. The van der Waals surface area contributed by atoms with Gasteiger partial charge in [0.1, 0.15) is 10.6 Å². The van der Waals surface area contributed by atoms with E-state index in [2.05, 4.69) is 39.5 Å². The molecule has 2 aliphatic heterocycles. The molecule has 0 radical (unpaired) electrons. The minimum Gasteiger partial charge on any atom is -0.378 e. The molecule has 0 spiro atoms. The van der Waals surface area contributed by atoms with Crippen molar-refractivity contribution in [2.75, 3.05) is 49.7 Å². The van der Waals surface area contributed by atoms with Crippen LogP contribution in [0.3, 0.4) is 0 Å². The van der Waals surface area contributed by atoms with Gasteiger partial charge in [0.2, 0.25) is 5.95 Å². The second-order valence-corrected chi connectivity index (χ2v) is 9.47. The summed E-state index contributed by atoms with van der Waals surface area (Å²) >= 11 is 1.43. The molecular formula is C24H28N6O2S. The third-order valence-electron chi connectivity index (χ3n) is 5.96. The Bertz CT molecular complexity index is 1160. The second kappa shape index (κ2) is 9.84. The number of nitrogens with one attached hydrogen (secondary N) is 1. The van der Waals surface area contributed by atoms with Gasteiger partial charge in [-0.25, -0.2) is 10.4 Å². The summed E-state index contributed by atoms with van der Waals surface area (Å²) < 4.78 is 5.53. The number of thiophene rings is 1. The number of hydrazone groups is 1. The molecule has 4 heterocycles. The van der Waals surface area contributed by atoms with Crippen LogP contribution in [0.2, 0.25) is 0 Å². The number of amides is 1. The number of hydrogen-bond donors (Lipinski definition) is 1. The van der Waals surface area contributed by atoms with Gasteiger partial charge in [-0.1, -0.05) is 29.8 Å². The van der Waals surface area contributed by atoms with Crippen LogP contribution in [0.5, 0.6) is 0 Å². The van der Waals surface area contributed by atoms with E-state index in [1.807, 2.05) is 23.1 Å². The van der Waals surface area contributed by atoms with Crippen molar-refractivity contribution in [1.29, 1.82) is 0 Å². The third-order valence-corrected chi connectivity index (χ3v) is 6.97. The number of anilines is 2. The van der Waals surface area contributed by atoms with E-state index in [9.17, 15) is 4.79 Å². The molecule has 0 aliphatic carbocycles. The monoisotopic (exact) mass is 464 g/mol. The zero-order chi connectivity index (χ0) is 22.6. The lowest BCUT2D eigenvalue weighted by Crippen LogP contribution is -2.37. The summed E-state index contributed by atoms with van der Waals surface area (Å²) in [5.41, 5.74) is 5.17. The van der Waals surface area contributed by atoms with E-state index in [0.717, 1.165) is 65.5 Å². The summed E-state index contributed by atoms with van der Waals surface area (Å²) in [5, 5.41) is 5.26. The van der Waals surface area contributed by atoms with Crippen LogP contribution in [0, 0.1) is 6.92 Å². The van der Waals surface area contributed by atoms with Crippen molar-refractivity contribution < 1.29 is 9.53 Å². The first-order valence-electron chi connectivity index (χ1n) is 11.5. The van der Waals surface area contributed by atoms with E-state index in [1.165, 1.54) is 23.3 Å². The molecule has 1 aromatic carbocycles. The minimum atomic E-state index is 0.0950. The topological polar surface area (TPSA) is 82.9 Å². The molecule has 1 amide bonds. The fourth-order valence-corrected chi connectivity index (χ4v) is 5.24. The van der Waals surface area contributed by atoms with Crippen molar-refractivity contribution in [3.63, 3.8) is 0 Å². The van der Waals surface area contributed by atoms with Gasteiger partial charge in [-0.2, -0.15) is 10.1 Å². The summed E-state index contributed by atoms with van der Waals surface area (Å²) in [6.07, 6.45) is 5.10. The quantitative estimate of drug-likeness (QED) is 0.455. The van der Waals surface area contributed by atoms with E-state index in [-0.39, 0.29) is 5.91 Å². The highest BCUT2D eigenvalue weighted by atomic mass is 32.1. The molecule has 172 valence electrons. The van der Waals surface area contributed by atoms with Crippen LogP contribution in [-0.4, -0.2) is 66.4 Å². The molecule has 5 rings (SSSR count). The Hall–Kier alpha value is -3.04. The van der Waals surface area contributed by atoms with Gasteiger partial charge in [0.25, 0.3) is 5.91 Å². The van der Waals surface area contributed by atoms with Gasteiger partial charge in [0, 0.05) is 26.2 Å². The highest BCUT2D eigenvalue weighted by Gasteiger charge is 2.24. The molecule has 0 atom stereocenters. The molecule has 2 aromatic heterocycles. The Morgan fingerprint density at radius 3 is 2.73 bits per heavy atom. The van der Waals surface area contributed by atoms with Crippen LogP contribution in [0.15, 0.2) is 35.4 Å². The van der Waals surface area contributed by atoms with E-state index in [4.69, 9.17) is 9.72 Å². The van der Waals surface area contributed by atoms with Gasteiger partial charge >= 0.3 is 0 Å². The number of carbonyl (C=O) groups is 1. The normalized spacial score (nSPS) is 17.1. The minimum absolute atomic E-state index is 0.0950. The molecule has 2 fully saturated rings. The van der Waals surface area contributed by atoms with Crippen molar-refractivity contribution in [1.82, 2.24) is 14.9 Å². The van der Waals surface area contributed by atoms with Crippen LogP contribution >= 0.6 is 11.3 Å². The summed E-state index contributed by atoms with van der Waals surface area (Å²) in [6.45, 7) is 6.53. The maximum absolute atomic E-state index is 13.1. The van der Waals surface area contributed by atoms with Crippen LogP contribution in [0.1, 0.15) is 40.1 Å². The van der Waals surface area contributed by atoms with E-state index in [0.29, 0.717) is 19.2 Å². The first kappa shape index (κ1) is 21.8. The molecule has 8 nitrogen and oxygen atoms in total. The molecule has 2 saturated heterocycles. The van der Waals surface area contributed by atoms with Gasteiger partial charge in [0.15, 0.2) is 0 Å². The van der Waals surface area contributed by atoms with E-state index in [1.54, 1.807) is 6.21 Å². The standard InChI is InChI=1S/C24H28N6O2S/c1-17-6-5-7-18(14-17)16-25-28-24-26-21(29-10-12-32-13-11-29)19-15-20(33-22(19)27-24)23(31)30-8-3-2-4-9-30/h5-7,14-16H,2-4,8-13H2,1H3,(H,26,27,28)/b25-16+. The molecular weight excluding hydrogens is 436 g/mol. The Balaban J connectivity index is 1.45. The number of nitrogens with zero attached hydrogens (tertiary/aromatic N) is 5. The number of aromatic nitrogens is 2. The lowest BCUT2D eigenvalue weighted by atomic mass is 10.1. The van der Waals surface area contributed by atoms with Crippen molar-refractivity contribution in [3.05, 3.63) is 46.3 Å². The van der Waals surface area contributed by atoms with Gasteiger partial charge in [-0.3, -0.25) is 4.79 Å². The zero-order valence-electron chi connectivity index (χ0n) is 18.8. The van der Waals surface area contributed by atoms with Crippen molar-refractivity contribution >= 4 is 45.4 Å². The number of carbonyl (C=O) groups excluding carboxylic acids is 1. The van der Waals surface area contributed by atoms with Crippen LogP contribution in [-0.2, 0) is 4.74 Å². The van der Waals surface area contributed by atoms with Crippen LogP contribution in [0.25, 0.3) is 10.2 Å². The lowest BCUT2D eigenvalue weighted by Gasteiger charge is -2.28. The number of hydrogen-bond acceptors (Lipinski definition) is 8. The maximum Gasteiger partial charge on any atom is 0.264 e. The smallest absolute Gasteiger partial charge is 0.264 e. The highest BCUT2D eigenvalue weighted by Crippen LogP contribution is 2.33. The summed E-state index contributed by atoms with van der Waals surface area (Å²) in [4.78, 5) is 28.2. The van der Waals surface area contributed by atoms with Crippen molar-refractivity contribution in [2.24, 2.45) is 5.10 Å². The Labute approximate surface area is 197 Å². The number of likely N-dealkylation sites (tertiary alicyclic amines) is 1. The average molecular weight is 465 g/mol. The third kappa shape index (κ3) is 4.99. The van der Waals surface area contributed by atoms with Gasteiger partial charge in [-0.15, -0.1) is 11.3 Å². The average Bonchev–Trinajstić information content (AvgIpc) is 3.28. The fraction of sp³-hybridized carbons (Fsp3) is 0.417. The summed E-state index contributed by atoms with van der Waals surface area (Å²) in [6, 6.07) is 10.1. The predicted molar refractivity (Wildman–Crippen MR) is 133 cm³/mol. The number of benzene rings is 1. The molecule has 0 saturated carbocycles. The molecule has 9 heteroatoms. The Morgan fingerprint density at radius 1 is 1.12 bits per heavy atom. The zero-order valence-corrected chi connectivity index (χ0v) is 19.6. The molecule has 33 heavy (non-hydrogen) atoms. The first-order valence-corrected chi connectivity index (χ1v) is 12.3. The maximum atomic E-state index is 13.1. The largest absolute Gasteiger partial charge is 0.378 e.